The van der Waals surface area contributed by atoms with Gasteiger partial charge in [-0.05, 0) is 56.7 Å². The van der Waals surface area contributed by atoms with Gasteiger partial charge >= 0.3 is 0 Å². The lowest BCUT2D eigenvalue weighted by atomic mass is 9.99. The minimum atomic E-state index is 0.435. The zero-order valence-electron chi connectivity index (χ0n) is 12.7. The molecule has 1 heterocycles. The molecule has 1 aliphatic rings. The molecular weight excluding hydrogens is 305 g/mol. The maximum absolute atomic E-state index is 6.31. The number of hydrogen-bond acceptors (Lipinski definition) is 2. The van der Waals surface area contributed by atoms with Crippen molar-refractivity contribution >= 4 is 23.2 Å². The molecule has 2 rings (SSSR count). The predicted octanol–water partition coefficient (Wildman–Crippen LogP) is 4.86. The van der Waals surface area contributed by atoms with Crippen molar-refractivity contribution in [3.8, 4) is 0 Å². The summed E-state index contributed by atoms with van der Waals surface area (Å²) in [5.74, 6) is 0. The lowest BCUT2D eigenvalue weighted by molar-refractivity contribution is 0.0995. The maximum atomic E-state index is 6.31. The quantitative estimate of drug-likeness (QED) is 0.735. The van der Waals surface area contributed by atoms with Gasteiger partial charge in [0.2, 0.25) is 0 Å². The Balaban J connectivity index is 1.92. The third-order valence-electron chi connectivity index (χ3n) is 4.04. The van der Waals surface area contributed by atoms with Gasteiger partial charge in [0.1, 0.15) is 0 Å². The van der Waals surface area contributed by atoms with Crippen LogP contribution in [0.15, 0.2) is 18.2 Å². The van der Waals surface area contributed by atoms with Crippen molar-refractivity contribution in [2.45, 2.75) is 57.6 Å². The van der Waals surface area contributed by atoms with E-state index in [4.69, 9.17) is 27.9 Å². The van der Waals surface area contributed by atoms with Crippen LogP contribution in [0.1, 0.15) is 44.6 Å². The first-order valence-corrected chi connectivity index (χ1v) is 8.74. The van der Waals surface area contributed by atoms with Crippen molar-refractivity contribution in [2.75, 3.05) is 13.2 Å². The largest absolute Gasteiger partial charge is 0.378 e. The Morgan fingerprint density at radius 3 is 2.95 bits per heavy atom. The molecule has 2 atom stereocenters. The van der Waals surface area contributed by atoms with E-state index in [2.05, 4.69) is 18.3 Å². The van der Waals surface area contributed by atoms with Crippen molar-refractivity contribution in [2.24, 2.45) is 0 Å². The molecule has 0 aliphatic carbocycles. The molecule has 1 aromatic rings. The minimum absolute atomic E-state index is 0.435. The van der Waals surface area contributed by atoms with Gasteiger partial charge in [0, 0.05) is 12.6 Å². The first-order valence-electron chi connectivity index (χ1n) is 7.98. The highest BCUT2D eigenvalue weighted by Crippen LogP contribution is 2.27. The standard InChI is InChI=1S/C17H25Cl2NO/c1-2-10-20-14(8-9-15-6-4-11-21-15)12-13-5-3-7-16(18)17(13)19/h3,5,7,14-15,20H,2,4,6,8-12H2,1H3. The number of rotatable bonds is 8. The Labute approximate surface area is 138 Å². The van der Waals surface area contributed by atoms with Gasteiger partial charge in [-0.2, -0.15) is 0 Å². The molecule has 21 heavy (non-hydrogen) atoms. The molecule has 0 bridgehead atoms. The average molecular weight is 330 g/mol. The molecule has 0 aromatic heterocycles. The van der Waals surface area contributed by atoms with Gasteiger partial charge in [0.05, 0.1) is 16.1 Å². The van der Waals surface area contributed by atoms with E-state index >= 15 is 0 Å². The molecule has 1 saturated heterocycles. The number of halogens is 2. The lowest BCUT2D eigenvalue weighted by Crippen LogP contribution is -2.32. The van der Waals surface area contributed by atoms with E-state index in [1.807, 2.05) is 12.1 Å². The van der Waals surface area contributed by atoms with Gasteiger partial charge in [-0.3, -0.25) is 0 Å². The molecular formula is C17H25Cl2NO. The fourth-order valence-corrected chi connectivity index (χ4v) is 3.25. The van der Waals surface area contributed by atoms with E-state index in [9.17, 15) is 0 Å². The van der Waals surface area contributed by atoms with Crippen LogP contribution in [0, 0.1) is 0 Å². The van der Waals surface area contributed by atoms with Gasteiger partial charge in [0.15, 0.2) is 0 Å². The third-order valence-corrected chi connectivity index (χ3v) is 4.90. The summed E-state index contributed by atoms with van der Waals surface area (Å²) in [6, 6.07) is 6.32. The molecule has 0 radical (unpaired) electrons. The Morgan fingerprint density at radius 2 is 2.24 bits per heavy atom. The second-order valence-electron chi connectivity index (χ2n) is 5.78. The predicted molar refractivity (Wildman–Crippen MR) is 90.5 cm³/mol. The molecule has 2 nitrogen and oxygen atoms in total. The molecule has 2 unspecified atom stereocenters. The van der Waals surface area contributed by atoms with E-state index < -0.39 is 0 Å². The maximum Gasteiger partial charge on any atom is 0.0624 e. The highest BCUT2D eigenvalue weighted by atomic mass is 35.5. The van der Waals surface area contributed by atoms with Crippen LogP contribution in [0.5, 0.6) is 0 Å². The van der Waals surface area contributed by atoms with E-state index in [1.54, 1.807) is 0 Å². The molecule has 0 spiro atoms. The van der Waals surface area contributed by atoms with Gasteiger partial charge in [-0.25, -0.2) is 0 Å². The van der Waals surface area contributed by atoms with Crippen molar-refractivity contribution < 1.29 is 4.74 Å². The lowest BCUT2D eigenvalue weighted by Gasteiger charge is -2.21. The first kappa shape index (κ1) is 17.1. The Morgan fingerprint density at radius 1 is 1.38 bits per heavy atom. The van der Waals surface area contributed by atoms with Crippen LogP contribution in [0.2, 0.25) is 10.0 Å². The van der Waals surface area contributed by atoms with Crippen molar-refractivity contribution in [3.63, 3.8) is 0 Å². The van der Waals surface area contributed by atoms with E-state index in [1.165, 1.54) is 12.8 Å². The molecule has 1 aliphatic heterocycles. The van der Waals surface area contributed by atoms with Crippen LogP contribution in [-0.4, -0.2) is 25.3 Å². The SMILES string of the molecule is CCCNC(CCC1CCCO1)Cc1cccc(Cl)c1Cl. The Hall–Kier alpha value is -0.280. The van der Waals surface area contributed by atoms with Gasteiger partial charge in [-0.1, -0.05) is 42.3 Å². The summed E-state index contributed by atoms with van der Waals surface area (Å²) in [5, 5.41) is 4.97. The summed E-state index contributed by atoms with van der Waals surface area (Å²) in [7, 11) is 0. The molecule has 0 saturated carbocycles. The number of benzene rings is 1. The van der Waals surface area contributed by atoms with Crippen LogP contribution in [0.25, 0.3) is 0 Å². The van der Waals surface area contributed by atoms with Crippen LogP contribution < -0.4 is 5.32 Å². The van der Waals surface area contributed by atoms with Crippen LogP contribution in [0.3, 0.4) is 0 Å². The van der Waals surface area contributed by atoms with Gasteiger partial charge in [0.25, 0.3) is 0 Å². The molecule has 4 heteroatoms. The second-order valence-corrected chi connectivity index (χ2v) is 6.57. The summed E-state index contributed by atoms with van der Waals surface area (Å²) in [5.41, 5.74) is 1.13. The van der Waals surface area contributed by atoms with E-state index in [0.29, 0.717) is 22.2 Å². The zero-order valence-corrected chi connectivity index (χ0v) is 14.2. The summed E-state index contributed by atoms with van der Waals surface area (Å²) in [4.78, 5) is 0. The highest BCUT2D eigenvalue weighted by Gasteiger charge is 2.18. The number of nitrogens with one attached hydrogen (secondary N) is 1. The zero-order chi connectivity index (χ0) is 15.1. The number of ether oxygens (including phenoxy) is 1. The van der Waals surface area contributed by atoms with Crippen molar-refractivity contribution in [1.82, 2.24) is 5.32 Å². The normalized spacial score (nSPS) is 19.9. The van der Waals surface area contributed by atoms with Crippen molar-refractivity contribution in [1.29, 1.82) is 0 Å². The fraction of sp³-hybridized carbons (Fsp3) is 0.647. The molecule has 1 fully saturated rings. The minimum Gasteiger partial charge on any atom is -0.378 e. The Bertz CT molecular complexity index is 433. The molecule has 118 valence electrons. The summed E-state index contributed by atoms with van der Waals surface area (Å²) < 4.78 is 5.73. The molecule has 1 N–H and O–H groups in total. The molecule has 0 amide bonds. The van der Waals surface area contributed by atoms with Gasteiger partial charge < -0.3 is 10.1 Å². The van der Waals surface area contributed by atoms with Gasteiger partial charge in [-0.15, -0.1) is 0 Å². The van der Waals surface area contributed by atoms with Crippen LogP contribution >= 0.6 is 23.2 Å². The smallest absolute Gasteiger partial charge is 0.0624 e. The Kier molecular flexibility index (Phi) is 7.31. The van der Waals surface area contributed by atoms with Crippen LogP contribution in [0.4, 0.5) is 0 Å². The highest BCUT2D eigenvalue weighted by molar-refractivity contribution is 6.42. The summed E-state index contributed by atoms with van der Waals surface area (Å²) in [6.07, 6.45) is 7.17. The summed E-state index contributed by atoms with van der Waals surface area (Å²) >= 11 is 12.4. The second kappa shape index (κ2) is 8.99. The fourth-order valence-electron chi connectivity index (χ4n) is 2.86. The third kappa shape index (κ3) is 5.45. The first-order chi connectivity index (χ1) is 10.2. The van der Waals surface area contributed by atoms with E-state index in [0.717, 1.165) is 44.4 Å². The van der Waals surface area contributed by atoms with E-state index in [-0.39, 0.29) is 0 Å². The van der Waals surface area contributed by atoms with Crippen LogP contribution in [-0.2, 0) is 11.2 Å². The monoisotopic (exact) mass is 329 g/mol. The molecule has 1 aromatic carbocycles. The topological polar surface area (TPSA) is 21.3 Å². The number of hydrogen-bond donors (Lipinski definition) is 1. The summed E-state index contributed by atoms with van der Waals surface area (Å²) in [6.45, 7) is 4.16. The van der Waals surface area contributed by atoms with Crippen molar-refractivity contribution in [3.05, 3.63) is 33.8 Å². The average Bonchev–Trinajstić information content (AvgIpc) is 2.99.